The van der Waals surface area contributed by atoms with Gasteiger partial charge in [-0.25, -0.2) is 4.98 Å². The number of thioether (sulfide) groups is 1. The first-order valence-electron chi connectivity index (χ1n) is 10.4. The highest BCUT2D eigenvalue weighted by Crippen LogP contribution is 2.35. The van der Waals surface area contributed by atoms with E-state index in [0.717, 1.165) is 33.9 Å². The van der Waals surface area contributed by atoms with Crippen molar-refractivity contribution >= 4 is 23.5 Å². The molecule has 0 radical (unpaired) electrons. The Morgan fingerprint density at radius 2 is 1.12 bits per heavy atom. The average molecular weight is 451 g/mol. The zero-order valence-corrected chi connectivity index (χ0v) is 19.3. The first-order valence-corrected chi connectivity index (χ1v) is 12.5. The number of nitrogens with zero attached hydrogens (tertiary/aromatic N) is 1. The highest BCUT2D eigenvalue weighted by Gasteiger charge is 2.15. The van der Waals surface area contributed by atoms with Gasteiger partial charge in [0, 0.05) is 31.4 Å². The number of H-pyrrole nitrogens is 1. The van der Waals surface area contributed by atoms with E-state index in [1.165, 1.54) is 14.7 Å². The summed E-state index contributed by atoms with van der Waals surface area (Å²) in [6, 6.07) is 38.1. The normalized spacial score (nSPS) is 10.9. The molecule has 0 saturated carbocycles. The predicted octanol–water partition coefficient (Wildman–Crippen LogP) is 8.28. The molecule has 0 bridgehead atoms. The Kier molecular flexibility index (Phi) is 6.15. The van der Waals surface area contributed by atoms with Crippen molar-refractivity contribution in [1.82, 2.24) is 9.97 Å². The van der Waals surface area contributed by atoms with E-state index in [1.807, 2.05) is 12.1 Å². The molecular formula is C28H22N2S2. The number of aromatic amines is 1. The van der Waals surface area contributed by atoms with Crippen molar-refractivity contribution in [2.24, 2.45) is 0 Å². The monoisotopic (exact) mass is 450 g/mol. The van der Waals surface area contributed by atoms with Gasteiger partial charge < -0.3 is 4.98 Å². The van der Waals surface area contributed by atoms with E-state index < -0.39 is 0 Å². The maximum Gasteiger partial charge on any atom is 0.138 e. The third-order valence-corrected chi connectivity index (χ3v) is 7.00. The highest BCUT2D eigenvalue weighted by molar-refractivity contribution is 7.99. The van der Waals surface area contributed by atoms with Gasteiger partial charge >= 0.3 is 0 Å². The predicted molar refractivity (Wildman–Crippen MR) is 137 cm³/mol. The molecule has 4 heteroatoms. The van der Waals surface area contributed by atoms with Crippen LogP contribution in [0.5, 0.6) is 0 Å². The fourth-order valence-corrected chi connectivity index (χ4v) is 4.83. The van der Waals surface area contributed by atoms with Crippen LogP contribution in [0.1, 0.15) is 0 Å². The molecule has 1 N–H and O–H groups in total. The number of aromatic nitrogens is 2. The van der Waals surface area contributed by atoms with E-state index in [1.54, 1.807) is 23.5 Å². The van der Waals surface area contributed by atoms with Crippen molar-refractivity contribution in [1.29, 1.82) is 0 Å². The first kappa shape index (κ1) is 20.7. The lowest BCUT2D eigenvalue weighted by Crippen LogP contribution is -1.84. The van der Waals surface area contributed by atoms with Crippen LogP contribution in [0.15, 0.2) is 124 Å². The van der Waals surface area contributed by atoms with Gasteiger partial charge in [0.15, 0.2) is 0 Å². The van der Waals surface area contributed by atoms with E-state index in [-0.39, 0.29) is 0 Å². The Bertz CT molecular complexity index is 1290. The minimum atomic E-state index is 0.884. The molecule has 0 aliphatic heterocycles. The molecule has 1 aromatic heterocycles. The molecule has 0 aliphatic carbocycles. The quantitative estimate of drug-likeness (QED) is 0.264. The van der Waals surface area contributed by atoms with E-state index in [9.17, 15) is 0 Å². The lowest BCUT2D eigenvalue weighted by atomic mass is 10.1. The van der Waals surface area contributed by atoms with E-state index in [2.05, 4.69) is 108 Å². The molecule has 0 amide bonds. The van der Waals surface area contributed by atoms with Crippen LogP contribution in [0.3, 0.4) is 0 Å². The molecule has 0 atom stereocenters. The molecule has 4 aromatic carbocycles. The van der Waals surface area contributed by atoms with Gasteiger partial charge in [-0.2, -0.15) is 0 Å². The molecule has 156 valence electrons. The molecule has 32 heavy (non-hydrogen) atoms. The van der Waals surface area contributed by atoms with Crippen LogP contribution in [0, 0.1) is 0 Å². The fourth-order valence-electron chi connectivity index (χ4n) is 3.59. The van der Waals surface area contributed by atoms with Gasteiger partial charge in [-0.1, -0.05) is 84.6 Å². The number of rotatable bonds is 6. The van der Waals surface area contributed by atoms with Crippen LogP contribution in [0.4, 0.5) is 0 Å². The number of imidazole rings is 1. The van der Waals surface area contributed by atoms with Crippen molar-refractivity contribution in [2.45, 2.75) is 14.7 Å². The summed E-state index contributed by atoms with van der Waals surface area (Å²) in [5.41, 5.74) is 5.33. The fraction of sp³-hybridized carbons (Fsp3) is 0.0357. The van der Waals surface area contributed by atoms with Crippen molar-refractivity contribution in [3.8, 4) is 33.9 Å². The third kappa shape index (κ3) is 4.52. The maximum absolute atomic E-state index is 5.01. The molecule has 5 rings (SSSR count). The summed E-state index contributed by atoms with van der Waals surface area (Å²) in [5, 5.41) is 0. The summed E-state index contributed by atoms with van der Waals surface area (Å²) < 4.78 is 0. The van der Waals surface area contributed by atoms with Gasteiger partial charge in [0.25, 0.3) is 0 Å². The Labute approximate surface area is 197 Å². The Balaban J connectivity index is 1.52. The summed E-state index contributed by atoms with van der Waals surface area (Å²) in [6.45, 7) is 0. The molecule has 2 nitrogen and oxygen atoms in total. The number of benzene rings is 4. The summed E-state index contributed by atoms with van der Waals surface area (Å²) in [5.74, 6) is 0.884. The van der Waals surface area contributed by atoms with E-state index >= 15 is 0 Å². The Hall–Kier alpha value is -3.21. The number of hydrogen-bond donors (Lipinski definition) is 1. The largest absolute Gasteiger partial charge is 0.337 e. The van der Waals surface area contributed by atoms with Crippen molar-refractivity contribution in [3.05, 3.63) is 109 Å². The van der Waals surface area contributed by atoms with Gasteiger partial charge in [0.2, 0.25) is 0 Å². The molecule has 5 aromatic rings. The van der Waals surface area contributed by atoms with Gasteiger partial charge in [-0.05, 0) is 42.7 Å². The Morgan fingerprint density at radius 1 is 0.562 bits per heavy atom. The second-order valence-electron chi connectivity index (χ2n) is 7.34. The topological polar surface area (TPSA) is 28.7 Å². The molecule has 0 spiro atoms. The molecule has 0 unspecified atom stereocenters. The highest BCUT2D eigenvalue weighted by atomic mass is 32.2. The molecule has 0 fully saturated rings. The van der Waals surface area contributed by atoms with Crippen molar-refractivity contribution in [2.75, 3.05) is 6.26 Å². The van der Waals surface area contributed by atoms with Crippen molar-refractivity contribution in [3.63, 3.8) is 0 Å². The van der Waals surface area contributed by atoms with Gasteiger partial charge in [-0.15, -0.1) is 11.8 Å². The van der Waals surface area contributed by atoms with Crippen molar-refractivity contribution < 1.29 is 0 Å². The lowest BCUT2D eigenvalue weighted by Gasteiger charge is -2.06. The van der Waals surface area contributed by atoms with E-state index in [4.69, 9.17) is 4.98 Å². The van der Waals surface area contributed by atoms with Crippen LogP contribution >= 0.6 is 23.5 Å². The van der Waals surface area contributed by atoms with Crippen LogP contribution in [-0.4, -0.2) is 16.2 Å². The van der Waals surface area contributed by atoms with Gasteiger partial charge in [-0.3, -0.25) is 0 Å². The molecular weight excluding hydrogens is 428 g/mol. The summed E-state index contributed by atoms with van der Waals surface area (Å²) in [4.78, 5) is 12.3. The zero-order valence-electron chi connectivity index (χ0n) is 17.7. The standard InChI is InChI=1S/C28H22N2S2/c1-31-23-16-14-22(15-17-23)28-29-26(20-8-4-2-5-9-20)27(30-28)21-12-18-25(19-13-21)32-24-10-6-3-7-11-24/h2-19H,1H3,(H,29,30). The molecule has 1 heterocycles. The summed E-state index contributed by atoms with van der Waals surface area (Å²) >= 11 is 3.51. The average Bonchev–Trinajstić information content (AvgIpc) is 3.31. The van der Waals surface area contributed by atoms with Crippen LogP contribution in [0.2, 0.25) is 0 Å². The van der Waals surface area contributed by atoms with E-state index in [0.29, 0.717) is 0 Å². The first-order chi connectivity index (χ1) is 15.8. The molecule has 0 aliphatic rings. The van der Waals surface area contributed by atoms with Crippen LogP contribution < -0.4 is 0 Å². The smallest absolute Gasteiger partial charge is 0.138 e. The van der Waals surface area contributed by atoms with Gasteiger partial charge in [0.05, 0.1) is 11.4 Å². The minimum absolute atomic E-state index is 0.884. The Morgan fingerprint density at radius 3 is 1.78 bits per heavy atom. The minimum Gasteiger partial charge on any atom is -0.337 e. The third-order valence-electron chi connectivity index (χ3n) is 5.24. The molecule has 0 saturated heterocycles. The van der Waals surface area contributed by atoms with Crippen LogP contribution in [0.25, 0.3) is 33.9 Å². The van der Waals surface area contributed by atoms with Gasteiger partial charge in [0.1, 0.15) is 5.82 Å². The maximum atomic E-state index is 5.01. The number of hydrogen-bond acceptors (Lipinski definition) is 3. The summed E-state index contributed by atoms with van der Waals surface area (Å²) in [6.07, 6.45) is 2.09. The lowest BCUT2D eigenvalue weighted by molar-refractivity contribution is 1.30. The second kappa shape index (κ2) is 9.51. The second-order valence-corrected chi connectivity index (χ2v) is 9.37. The number of nitrogens with one attached hydrogen (secondary N) is 1. The summed E-state index contributed by atoms with van der Waals surface area (Å²) in [7, 11) is 0. The zero-order chi connectivity index (χ0) is 21.8. The van der Waals surface area contributed by atoms with Crippen LogP contribution in [-0.2, 0) is 0 Å². The SMILES string of the molecule is CSc1ccc(-c2nc(-c3ccccc3)c(-c3ccc(Sc4ccccc4)cc3)[nH]2)cc1.